The van der Waals surface area contributed by atoms with Crippen molar-refractivity contribution in [3.63, 3.8) is 0 Å². The van der Waals surface area contributed by atoms with Crippen LogP contribution in [0.3, 0.4) is 0 Å². The highest BCUT2D eigenvalue weighted by molar-refractivity contribution is 5.73. The highest BCUT2D eigenvalue weighted by Gasteiger charge is 2.14. The Morgan fingerprint density at radius 3 is 2.71 bits per heavy atom. The Balaban J connectivity index is 1.89. The van der Waals surface area contributed by atoms with Crippen LogP contribution in [0, 0.1) is 0 Å². The largest absolute Gasteiger partial charge is 0.390 e. The first-order valence-corrected chi connectivity index (χ1v) is 6.58. The SMILES string of the molecule is NC(=O)CCCCNCC(O)CN1CCCC1. The van der Waals surface area contributed by atoms with Crippen LogP contribution < -0.4 is 11.1 Å². The van der Waals surface area contributed by atoms with Crippen molar-refractivity contribution < 1.29 is 9.90 Å². The van der Waals surface area contributed by atoms with Crippen molar-refractivity contribution in [2.45, 2.75) is 38.2 Å². The summed E-state index contributed by atoms with van der Waals surface area (Å²) in [4.78, 5) is 12.8. The zero-order valence-electron chi connectivity index (χ0n) is 10.5. The van der Waals surface area contributed by atoms with Gasteiger partial charge in [-0.2, -0.15) is 0 Å². The van der Waals surface area contributed by atoms with Crippen LogP contribution in [0.4, 0.5) is 0 Å². The lowest BCUT2D eigenvalue weighted by Crippen LogP contribution is -2.37. The molecule has 17 heavy (non-hydrogen) atoms. The number of unbranched alkanes of at least 4 members (excludes halogenated alkanes) is 1. The Labute approximate surface area is 103 Å². The third-order valence-corrected chi connectivity index (χ3v) is 3.07. The molecule has 5 heteroatoms. The van der Waals surface area contributed by atoms with E-state index in [2.05, 4.69) is 10.2 Å². The van der Waals surface area contributed by atoms with Crippen molar-refractivity contribution >= 4 is 5.91 Å². The monoisotopic (exact) mass is 243 g/mol. The van der Waals surface area contributed by atoms with Gasteiger partial charge >= 0.3 is 0 Å². The predicted molar refractivity (Wildman–Crippen MR) is 67.6 cm³/mol. The second-order valence-corrected chi connectivity index (χ2v) is 4.79. The van der Waals surface area contributed by atoms with Gasteiger partial charge in [0, 0.05) is 19.5 Å². The van der Waals surface area contributed by atoms with E-state index in [0.717, 1.165) is 39.0 Å². The lowest BCUT2D eigenvalue weighted by molar-refractivity contribution is -0.118. The molecule has 1 aliphatic rings. The van der Waals surface area contributed by atoms with Crippen LogP contribution in [-0.4, -0.2) is 54.7 Å². The number of carbonyl (C=O) groups is 1. The fourth-order valence-corrected chi connectivity index (χ4v) is 2.15. The smallest absolute Gasteiger partial charge is 0.217 e. The molecular formula is C12H25N3O2. The highest BCUT2D eigenvalue weighted by Crippen LogP contribution is 2.07. The van der Waals surface area contributed by atoms with Gasteiger partial charge in [0.25, 0.3) is 0 Å². The van der Waals surface area contributed by atoms with E-state index in [1.54, 1.807) is 0 Å². The van der Waals surface area contributed by atoms with Crippen molar-refractivity contribution in [2.24, 2.45) is 5.73 Å². The van der Waals surface area contributed by atoms with Crippen LogP contribution >= 0.6 is 0 Å². The number of nitrogens with zero attached hydrogens (tertiary/aromatic N) is 1. The third-order valence-electron chi connectivity index (χ3n) is 3.07. The van der Waals surface area contributed by atoms with E-state index in [1.165, 1.54) is 12.8 Å². The average Bonchev–Trinajstić information content (AvgIpc) is 2.75. The predicted octanol–water partition coefficient (Wildman–Crippen LogP) is -0.312. The van der Waals surface area contributed by atoms with E-state index >= 15 is 0 Å². The lowest BCUT2D eigenvalue weighted by Gasteiger charge is -2.19. The molecule has 0 spiro atoms. The van der Waals surface area contributed by atoms with E-state index in [9.17, 15) is 9.90 Å². The molecule has 1 atom stereocenters. The molecule has 100 valence electrons. The summed E-state index contributed by atoms with van der Waals surface area (Å²) < 4.78 is 0. The topological polar surface area (TPSA) is 78.6 Å². The number of primary amides is 1. The molecule has 0 bridgehead atoms. The highest BCUT2D eigenvalue weighted by atomic mass is 16.3. The number of amides is 1. The second-order valence-electron chi connectivity index (χ2n) is 4.79. The van der Waals surface area contributed by atoms with Gasteiger partial charge in [0.05, 0.1) is 6.10 Å². The molecule has 0 aromatic carbocycles. The van der Waals surface area contributed by atoms with Crippen molar-refractivity contribution in [3.8, 4) is 0 Å². The normalized spacial score (nSPS) is 18.4. The van der Waals surface area contributed by atoms with Gasteiger partial charge in [-0.05, 0) is 45.3 Å². The number of aliphatic hydroxyl groups is 1. The fourth-order valence-electron chi connectivity index (χ4n) is 2.15. The minimum absolute atomic E-state index is 0.237. The quantitative estimate of drug-likeness (QED) is 0.485. The zero-order valence-corrected chi connectivity index (χ0v) is 10.5. The summed E-state index contributed by atoms with van der Waals surface area (Å²) in [6, 6.07) is 0. The molecule has 0 radical (unpaired) electrons. The van der Waals surface area contributed by atoms with Crippen LogP contribution in [0.25, 0.3) is 0 Å². The van der Waals surface area contributed by atoms with Crippen LogP contribution in [0.5, 0.6) is 0 Å². The van der Waals surface area contributed by atoms with E-state index in [4.69, 9.17) is 5.73 Å². The van der Waals surface area contributed by atoms with Gasteiger partial charge in [-0.25, -0.2) is 0 Å². The Bertz CT molecular complexity index is 218. The van der Waals surface area contributed by atoms with Gasteiger partial charge in [-0.15, -0.1) is 0 Å². The number of carbonyl (C=O) groups excluding carboxylic acids is 1. The van der Waals surface area contributed by atoms with E-state index in [1.807, 2.05) is 0 Å². The van der Waals surface area contributed by atoms with E-state index in [-0.39, 0.29) is 12.0 Å². The Morgan fingerprint density at radius 2 is 2.06 bits per heavy atom. The van der Waals surface area contributed by atoms with Crippen molar-refractivity contribution in [1.29, 1.82) is 0 Å². The number of hydrogen-bond acceptors (Lipinski definition) is 4. The minimum atomic E-state index is -0.288. The number of β-amino-alcohol motifs (C(OH)–C–C–N with tert-alkyl or cyclic N) is 1. The molecule has 0 aromatic rings. The molecule has 1 heterocycles. The lowest BCUT2D eigenvalue weighted by atomic mass is 10.2. The molecule has 0 aliphatic carbocycles. The Kier molecular flexibility index (Phi) is 7.16. The maximum atomic E-state index is 10.5. The zero-order chi connectivity index (χ0) is 12.5. The van der Waals surface area contributed by atoms with E-state index < -0.39 is 0 Å². The summed E-state index contributed by atoms with van der Waals surface area (Å²) in [5.41, 5.74) is 5.04. The number of likely N-dealkylation sites (tertiary alicyclic amines) is 1. The van der Waals surface area contributed by atoms with E-state index in [0.29, 0.717) is 13.0 Å². The molecule has 1 fully saturated rings. The van der Waals surface area contributed by atoms with Gasteiger partial charge in [0.2, 0.25) is 5.91 Å². The molecule has 1 saturated heterocycles. The summed E-state index contributed by atoms with van der Waals surface area (Å²) in [6.07, 6.45) is 4.44. The van der Waals surface area contributed by atoms with Gasteiger partial charge in [-0.3, -0.25) is 4.79 Å². The maximum Gasteiger partial charge on any atom is 0.217 e. The summed E-state index contributed by atoms with van der Waals surface area (Å²) in [6.45, 7) is 4.48. The molecule has 1 rings (SSSR count). The molecule has 1 amide bonds. The summed E-state index contributed by atoms with van der Waals surface area (Å²) in [7, 11) is 0. The molecule has 1 unspecified atom stereocenters. The third kappa shape index (κ3) is 7.31. The molecule has 1 aliphatic heterocycles. The number of nitrogens with two attached hydrogens (primary N) is 1. The van der Waals surface area contributed by atoms with Gasteiger partial charge in [0.15, 0.2) is 0 Å². The summed E-state index contributed by atoms with van der Waals surface area (Å²) in [5.74, 6) is -0.237. The number of aliphatic hydroxyl groups excluding tert-OH is 1. The molecule has 0 aromatic heterocycles. The second kappa shape index (κ2) is 8.44. The maximum absolute atomic E-state index is 10.5. The van der Waals surface area contributed by atoms with Crippen molar-refractivity contribution in [1.82, 2.24) is 10.2 Å². The number of nitrogens with one attached hydrogen (secondary N) is 1. The first-order chi connectivity index (χ1) is 8.18. The fraction of sp³-hybridized carbons (Fsp3) is 0.917. The molecular weight excluding hydrogens is 218 g/mol. The molecule has 5 nitrogen and oxygen atoms in total. The van der Waals surface area contributed by atoms with Crippen molar-refractivity contribution in [3.05, 3.63) is 0 Å². The standard InChI is InChI=1S/C12H25N3O2/c13-12(17)5-1-2-6-14-9-11(16)10-15-7-3-4-8-15/h11,14,16H,1-10H2,(H2,13,17). The van der Waals surface area contributed by atoms with Crippen LogP contribution in [0.15, 0.2) is 0 Å². The van der Waals surface area contributed by atoms with Gasteiger partial charge < -0.3 is 21.1 Å². The van der Waals surface area contributed by atoms with Gasteiger partial charge in [-0.1, -0.05) is 0 Å². The van der Waals surface area contributed by atoms with Crippen molar-refractivity contribution in [2.75, 3.05) is 32.7 Å². The van der Waals surface area contributed by atoms with Crippen LogP contribution in [0.2, 0.25) is 0 Å². The number of rotatable bonds is 9. The Morgan fingerprint density at radius 1 is 1.35 bits per heavy atom. The van der Waals surface area contributed by atoms with Gasteiger partial charge in [0.1, 0.15) is 0 Å². The summed E-state index contributed by atoms with van der Waals surface area (Å²) in [5, 5.41) is 13.0. The average molecular weight is 243 g/mol. The minimum Gasteiger partial charge on any atom is -0.390 e. The van der Waals surface area contributed by atoms with Crippen LogP contribution in [-0.2, 0) is 4.79 Å². The first-order valence-electron chi connectivity index (χ1n) is 6.58. The van der Waals surface area contributed by atoms with Crippen LogP contribution in [0.1, 0.15) is 32.1 Å². The summed E-state index contributed by atoms with van der Waals surface area (Å²) >= 11 is 0. The number of hydrogen-bond donors (Lipinski definition) is 3. The molecule has 4 N–H and O–H groups in total. The molecule has 0 saturated carbocycles. The Hall–Kier alpha value is -0.650. The first kappa shape index (κ1) is 14.4.